The number of hydrogen-bond donors (Lipinski definition) is 4. The third-order valence-corrected chi connectivity index (χ3v) is 3.51. The zero-order chi connectivity index (χ0) is 17.6. The van der Waals surface area contributed by atoms with E-state index in [1.807, 2.05) is 61.5 Å². The number of nitrogens with one attached hydrogen (secondary N) is 3. The summed E-state index contributed by atoms with van der Waals surface area (Å²) in [6.45, 7) is 2.01. The molecule has 0 spiro atoms. The molecule has 5 N–H and O–H groups in total. The first-order valence-corrected chi connectivity index (χ1v) is 7.69. The van der Waals surface area contributed by atoms with Crippen molar-refractivity contribution in [1.29, 1.82) is 0 Å². The maximum atomic E-state index is 12.4. The van der Waals surface area contributed by atoms with Crippen LogP contribution >= 0.6 is 0 Å². The highest BCUT2D eigenvalue weighted by Gasteiger charge is 2.18. The minimum absolute atomic E-state index is 0.168. The fourth-order valence-corrected chi connectivity index (χ4v) is 2.21. The highest BCUT2D eigenvalue weighted by molar-refractivity contribution is 6.03. The quantitative estimate of drug-likeness (QED) is 0.425. The monoisotopic (exact) mass is 334 g/mol. The van der Waals surface area contributed by atoms with Crippen LogP contribution in [0.4, 0.5) is 17.3 Å². The number of benzene rings is 2. The van der Waals surface area contributed by atoms with Gasteiger partial charge in [0, 0.05) is 5.69 Å². The van der Waals surface area contributed by atoms with Gasteiger partial charge in [-0.1, -0.05) is 48.0 Å². The number of aromatic nitrogens is 2. The van der Waals surface area contributed by atoms with E-state index >= 15 is 0 Å². The van der Waals surface area contributed by atoms with E-state index in [1.54, 1.807) is 6.21 Å². The van der Waals surface area contributed by atoms with Crippen molar-refractivity contribution in [3.8, 4) is 0 Å². The van der Waals surface area contributed by atoms with E-state index < -0.39 is 5.91 Å². The molecule has 0 bridgehead atoms. The number of hydrogen-bond acceptors (Lipinski definition) is 5. The molecule has 7 nitrogen and oxygen atoms in total. The Balaban J connectivity index is 1.71. The van der Waals surface area contributed by atoms with E-state index in [0.717, 1.165) is 16.8 Å². The van der Waals surface area contributed by atoms with Crippen LogP contribution < -0.4 is 16.5 Å². The van der Waals surface area contributed by atoms with Crippen LogP contribution in [-0.2, 0) is 0 Å². The fraction of sp³-hybridized carbons (Fsp3) is 0.0556. The smallest absolute Gasteiger partial charge is 0.278 e. The lowest BCUT2D eigenvalue weighted by atomic mass is 10.2. The summed E-state index contributed by atoms with van der Waals surface area (Å²) < 4.78 is 0. The van der Waals surface area contributed by atoms with Gasteiger partial charge in [0.1, 0.15) is 11.4 Å². The third-order valence-electron chi connectivity index (χ3n) is 3.51. The Morgan fingerprint density at radius 2 is 1.88 bits per heavy atom. The summed E-state index contributed by atoms with van der Waals surface area (Å²) >= 11 is 0. The van der Waals surface area contributed by atoms with E-state index in [2.05, 4.69) is 26.0 Å². The number of amides is 1. The molecular formula is C18H18N6O. The van der Waals surface area contributed by atoms with Gasteiger partial charge in [-0.15, -0.1) is 0 Å². The highest BCUT2D eigenvalue weighted by Crippen LogP contribution is 2.22. The molecule has 126 valence electrons. The Kier molecular flexibility index (Phi) is 4.75. The number of anilines is 3. The van der Waals surface area contributed by atoms with Crippen LogP contribution in [0.5, 0.6) is 0 Å². The number of aromatic amines is 1. The van der Waals surface area contributed by atoms with E-state index in [4.69, 9.17) is 5.73 Å². The highest BCUT2D eigenvalue weighted by atomic mass is 16.2. The van der Waals surface area contributed by atoms with Gasteiger partial charge in [0.2, 0.25) is 0 Å². The van der Waals surface area contributed by atoms with Crippen molar-refractivity contribution in [3.63, 3.8) is 0 Å². The summed E-state index contributed by atoms with van der Waals surface area (Å²) in [5.41, 5.74) is 11.3. The molecule has 0 unspecified atom stereocenters. The van der Waals surface area contributed by atoms with Crippen molar-refractivity contribution in [2.45, 2.75) is 6.92 Å². The molecule has 25 heavy (non-hydrogen) atoms. The summed E-state index contributed by atoms with van der Waals surface area (Å²) in [6, 6.07) is 17.2. The molecule has 2 aromatic carbocycles. The molecule has 0 saturated carbocycles. The number of carbonyl (C=O) groups excluding carboxylic acids is 1. The zero-order valence-corrected chi connectivity index (χ0v) is 13.7. The second kappa shape index (κ2) is 7.31. The Labute approximate surface area is 145 Å². The van der Waals surface area contributed by atoms with Crippen LogP contribution in [0.2, 0.25) is 0 Å². The van der Waals surface area contributed by atoms with Gasteiger partial charge in [0.25, 0.3) is 5.91 Å². The van der Waals surface area contributed by atoms with Gasteiger partial charge in [-0.25, -0.2) is 5.43 Å². The summed E-state index contributed by atoms with van der Waals surface area (Å²) in [5.74, 6) is 0.0567. The van der Waals surface area contributed by atoms with Crippen molar-refractivity contribution in [1.82, 2.24) is 15.6 Å². The van der Waals surface area contributed by atoms with Gasteiger partial charge in [0.05, 0.1) is 6.21 Å². The zero-order valence-electron chi connectivity index (χ0n) is 13.7. The van der Waals surface area contributed by atoms with Crippen molar-refractivity contribution in [2.24, 2.45) is 5.10 Å². The molecule has 0 aliphatic carbocycles. The molecule has 3 rings (SSSR count). The Morgan fingerprint density at radius 1 is 1.16 bits per heavy atom. The van der Waals surface area contributed by atoms with Crippen LogP contribution in [0.1, 0.15) is 21.5 Å². The lowest BCUT2D eigenvalue weighted by molar-refractivity contribution is 0.0957. The third kappa shape index (κ3) is 4.03. The average molecular weight is 334 g/mol. The molecule has 1 aromatic heterocycles. The van der Waals surface area contributed by atoms with Crippen LogP contribution in [0.3, 0.4) is 0 Å². The number of nitrogen functional groups attached to an aromatic ring is 1. The molecule has 0 radical (unpaired) electrons. The van der Waals surface area contributed by atoms with Crippen LogP contribution in [0.25, 0.3) is 0 Å². The first-order valence-electron chi connectivity index (χ1n) is 7.69. The summed E-state index contributed by atoms with van der Waals surface area (Å²) in [4.78, 5) is 12.4. The van der Waals surface area contributed by atoms with E-state index in [9.17, 15) is 4.79 Å². The normalized spacial score (nSPS) is 10.8. The summed E-state index contributed by atoms with van der Waals surface area (Å²) in [5, 5.41) is 13.7. The molecule has 1 amide bonds. The first-order chi connectivity index (χ1) is 12.1. The largest absolute Gasteiger partial charge is 0.383 e. The maximum absolute atomic E-state index is 12.4. The number of rotatable bonds is 5. The predicted octanol–water partition coefficient (Wildman–Crippen LogP) is 2.81. The molecule has 0 fully saturated rings. The Bertz CT molecular complexity index is 884. The van der Waals surface area contributed by atoms with Crippen molar-refractivity contribution in [2.75, 3.05) is 11.1 Å². The summed E-state index contributed by atoms with van der Waals surface area (Å²) in [7, 11) is 0. The van der Waals surface area contributed by atoms with Crippen LogP contribution in [0, 0.1) is 6.92 Å². The van der Waals surface area contributed by atoms with Gasteiger partial charge in [-0.3, -0.25) is 9.89 Å². The molecule has 0 aliphatic heterocycles. The van der Waals surface area contributed by atoms with Gasteiger partial charge in [0.15, 0.2) is 5.82 Å². The van der Waals surface area contributed by atoms with Crippen molar-refractivity contribution in [3.05, 3.63) is 71.3 Å². The topological polar surface area (TPSA) is 108 Å². The molecule has 0 aliphatic rings. The fourth-order valence-electron chi connectivity index (χ4n) is 2.21. The average Bonchev–Trinajstić information content (AvgIpc) is 2.98. The predicted molar refractivity (Wildman–Crippen MR) is 99.0 cm³/mol. The van der Waals surface area contributed by atoms with E-state index in [-0.39, 0.29) is 11.4 Å². The molecule has 1 heterocycles. The lowest BCUT2D eigenvalue weighted by Crippen LogP contribution is -2.19. The number of para-hydroxylation sites is 1. The van der Waals surface area contributed by atoms with Crippen LogP contribution in [-0.4, -0.2) is 22.3 Å². The number of aryl methyl sites for hydroxylation is 1. The van der Waals surface area contributed by atoms with Gasteiger partial charge >= 0.3 is 0 Å². The number of nitrogens with zero attached hydrogens (tertiary/aromatic N) is 2. The van der Waals surface area contributed by atoms with Gasteiger partial charge in [-0.05, 0) is 24.6 Å². The minimum atomic E-state index is -0.451. The molecule has 0 saturated heterocycles. The van der Waals surface area contributed by atoms with E-state index in [0.29, 0.717) is 5.82 Å². The lowest BCUT2D eigenvalue weighted by Gasteiger charge is -2.05. The van der Waals surface area contributed by atoms with Crippen LogP contribution in [0.15, 0.2) is 59.7 Å². The van der Waals surface area contributed by atoms with E-state index in [1.165, 1.54) is 0 Å². The molecular weight excluding hydrogens is 316 g/mol. The van der Waals surface area contributed by atoms with Gasteiger partial charge < -0.3 is 11.1 Å². The standard InChI is InChI=1S/C18H18N6O/c1-12-7-9-13(10-8-12)11-20-24-18(25)15-16(19)22-23-17(15)21-14-5-3-2-4-6-14/h2-11H,1H3,(H,24,25)(H4,19,21,22,23)/b20-11+. The minimum Gasteiger partial charge on any atom is -0.383 e. The summed E-state index contributed by atoms with van der Waals surface area (Å²) in [6.07, 6.45) is 1.57. The molecule has 0 atom stereocenters. The molecule has 7 heteroatoms. The second-order valence-corrected chi connectivity index (χ2v) is 5.46. The number of hydrazone groups is 1. The Hall–Kier alpha value is -3.61. The van der Waals surface area contributed by atoms with Crippen molar-refractivity contribution < 1.29 is 4.79 Å². The SMILES string of the molecule is Cc1ccc(/C=N/NC(=O)c2c(Nc3ccccc3)n[nH]c2N)cc1. The molecule has 3 aromatic rings. The van der Waals surface area contributed by atoms with Gasteiger partial charge in [-0.2, -0.15) is 10.2 Å². The maximum Gasteiger partial charge on any atom is 0.278 e. The first kappa shape index (κ1) is 16.3. The number of H-pyrrole nitrogens is 1. The second-order valence-electron chi connectivity index (χ2n) is 5.46. The Morgan fingerprint density at radius 3 is 2.60 bits per heavy atom. The number of carbonyl (C=O) groups is 1. The number of nitrogens with two attached hydrogens (primary N) is 1. The van der Waals surface area contributed by atoms with Crippen molar-refractivity contribution >= 4 is 29.4 Å².